The SMILES string of the molecule is CCOC(=O)[C@H]1CCCN(c2ccc(C(=O)O)cc2NC(=O)c2ccc(Br)cc2)C1. The minimum atomic E-state index is -1.08. The van der Waals surface area contributed by atoms with Gasteiger partial charge in [-0.2, -0.15) is 0 Å². The summed E-state index contributed by atoms with van der Waals surface area (Å²) in [5, 5.41) is 12.2. The van der Waals surface area contributed by atoms with Crippen molar-refractivity contribution in [2.45, 2.75) is 19.8 Å². The molecule has 7 nitrogen and oxygen atoms in total. The van der Waals surface area contributed by atoms with Gasteiger partial charge in [0.05, 0.1) is 29.5 Å². The molecule has 2 aromatic rings. The number of nitrogens with zero attached hydrogens (tertiary/aromatic N) is 1. The summed E-state index contributed by atoms with van der Waals surface area (Å²) in [4.78, 5) is 38.4. The zero-order chi connectivity index (χ0) is 21.7. The molecule has 0 aliphatic carbocycles. The van der Waals surface area contributed by atoms with Gasteiger partial charge in [0, 0.05) is 23.1 Å². The van der Waals surface area contributed by atoms with Gasteiger partial charge in [0.2, 0.25) is 0 Å². The van der Waals surface area contributed by atoms with Crippen LogP contribution in [-0.4, -0.2) is 42.6 Å². The van der Waals surface area contributed by atoms with Crippen molar-refractivity contribution in [2.24, 2.45) is 5.92 Å². The number of carboxylic acids is 1. The van der Waals surface area contributed by atoms with E-state index in [4.69, 9.17) is 4.74 Å². The van der Waals surface area contributed by atoms with Gasteiger partial charge in [-0.05, 0) is 62.2 Å². The van der Waals surface area contributed by atoms with Crippen molar-refractivity contribution in [3.8, 4) is 0 Å². The number of nitrogens with one attached hydrogen (secondary N) is 1. The number of hydrogen-bond donors (Lipinski definition) is 2. The number of carbonyl (C=O) groups is 3. The Morgan fingerprint density at radius 1 is 1.17 bits per heavy atom. The van der Waals surface area contributed by atoms with E-state index in [0.29, 0.717) is 36.6 Å². The van der Waals surface area contributed by atoms with Crippen molar-refractivity contribution in [1.29, 1.82) is 0 Å². The zero-order valence-corrected chi connectivity index (χ0v) is 18.1. The number of aromatic carboxylic acids is 1. The van der Waals surface area contributed by atoms with E-state index in [-0.39, 0.29) is 23.4 Å². The van der Waals surface area contributed by atoms with Crippen LogP contribution >= 0.6 is 15.9 Å². The first-order valence-corrected chi connectivity index (χ1v) is 10.5. The molecule has 2 N–H and O–H groups in total. The average Bonchev–Trinajstić information content (AvgIpc) is 2.74. The molecule has 158 valence electrons. The highest BCUT2D eigenvalue weighted by molar-refractivity contribution is 9.10. The Morgan fingerprint density at radius 3 is 2.53 bits per heavy atom. The molecule has 0 spiro atoms. The van der Waals surface area contributed by atoms with Crippen LogP contribution in [0.4, 0.5) is 11.4 Å². The van der Waals surface area contributed by atoms with E-state index in [2.05, 4.69) is 21.2 Å². The fourth-order valence-electron chi connectivity index (χ4n) is 3.49. The van der Waals surface area contributed by atoms with Crippen LogP contribution in [0.2, 0.25) is 0 Å². The van der Waals surface area contributed by atoms with Crippen LogP contribution < -0.4 is 10.2 Å². The highest BCUT2D eigenvalue weighted by atomic mass is 79.9. The Hall–Kier alpha value is -2.87. The summed E-state index contributed by atoms with van der Waals surface area (Å²) in [6, 6.07) is 11.5. The van der Waals surface area contributed by atoms with E-state index in [0.717, 1.165) is 17.3 Å². The molecule has 1 aliphatic heterocycles. The number of piperidine rings is 1. The number of rotatable bonds is 6. The summed E-state index contributed by atoms with van der Waals surface area (Å²) in [7, 11) is 0. The van der Waals surface area contributed by atoms with Crippen molar-refractivity contribution in [3.63, 3.8) is 0 Å². The van der Waals surface area contributed by atoms with E-state index in [1.165, 1.54) is 12.1 Å². The second kappa shape index (κ2) is 9.75. The van der Waals surface area contributed by atoms with Crippen LogP contribution in [0.1, 0.15) is 40.5 Å². The number of halogens is 1. The second-order valence-electron chi connectivity index (χ2n) is 7.04. The van der Waals surface area contributed by atoms with Gasteiger partial charge in [-0.3, -0.25) is 9.59 Å². The van der Waals surface area contributed by atoms with E-state index in [1.54, 1.807) is 37.3 Å². The topological polar surface area (TPSA) is 95.9 Å². The molecule has 1 saturated heterocycles. The molecule has 1 fully saturated rings. The molecule has 1 aliphatic rings. The third kappa shape index (κ3) is 5.18. The summed E-state index contributed by atoms with van der Waals surface area (Å²) in [6.07, 6.45) is 1.54. The molecule has 0 saturated carbocycles. The number of benzene rings is 2. The van der Waals surface area contributed by atoms with Crippen LogP contribution in [-0.2, 0) is 9.53 Å². The lowest BCUT2D eigenvalue weighted by Gasteiger charge is -2.34. The molecule has 1 heterocycles. The Kier molecular flexibility index (Phi) is 7.10. The minimum absolute atomic E-state index is 0.0730. The van der Waals surface area contributed by atoms with Gasteiger partial charge in [-0.1, -0.05) is 15.9 Å². The van der Waals surface area contributed by atoms with E-state index < -0.39 is 5.97 Å². The van der Waals surface area contributed by atoms with Gasteiger partial charge in [-0.25, -0.2) is 4.79 Å². The standard InChI is InChI=1S/C22H23BrN2O5/c1-2-30-22(29)16-4-3-11-25(13-16)19-10-7-15(21(27)28)12-18(19)24-20(26)14-5-8-17(23)9-6-14/h5-10,12,16H,2-4,11,13H2,1H3,(H,24,26)(H,27,28)/t16-/m0/s1. The maximum absolute atomic E-state index is 12.7. The predicted molar refractivity (Wildman–Crippen MR) is 117 cm³/mol. The highest BCUT2D eigenvalue weighted by Crippen LogP contribution is 2.32. The van der Waals surface area contributed by atoms with Crippen molar-refractivity contribution in [3.05, 3.63) is 58.1 Å². The molecule has 1 atom stereocenters. The molecule has 30 heavy (non-hydrogen) atoms. The van der Waals surface area contributed by atoms with Crippen molar-refractivity contribution in [2.75, 3.05) is 29.9 Å². The largest absolute Gasteiger partial charge is 0.478 e. The fraction of sp³-hybridized carbons (Fsp3) is 0.318. The average molecular weight is 475 g/mol. The second-order valence-corrected chi connectivity index (χ2v) is 7.95. The molecule has 0 bridgehead atoms. The normalized spacial score (nSPS) is 16.1. The van der Waals surface area contributed by atoms with Crippen molar-refractivity contribution >= 4 is 45.2 Å². The van der Waals surface area contributed by atoms with Crippen LogP contribution in [0, 0.1) is 5.92 Å². The third-order valence-corrected chi connectivity index (χ3v) is 5.51. The maximum atomic E-state index is 12.7. The number of ether oxygens (including phenoxy) is 1. The van der Waals surface area contributed by atoms with E-state index in [1.807, 2.05) is 4.90 Å². The smallest absolute Gasteiger partial charge is 0.335 e. The fourth-order valence-corrected chi connectivity index (χ4v) is 3.75. The quantitative estimate of drug-likeness (QED) is 0.609. The van der Waals surface area contributed by atoms with Crippen molar-refractivity contribution < 1.29 is 24.2 Å². The van der Waals surface area contributed by atoms with Gasteiger partial charge in [0.15, 0.2) is 0 Å². The molecule has 0 aromatic heterocycles. The minimum Gasteiger partial charge on any atom is -0.478 e. The lowest BCUT2D eigenvalue weighted by Crippen LogP contribution is -2.39. The van der Waals surface area contributed by atoms with Crippen molar-refractivity contribution in [1.82, 2.24) is 0 Å². The first kappa shape index (κ1) is 21.8. The number of amides is 1. The van der Waals surface area contributed by atoms with Gasteiger partial charge in [0.25, 0.3) is 5.91 Å². The number of esters is 1. The first-order valence-electron chi connectivity index (χ1n) is 9.75. The predicted octanol–water partition coefficient (Wildman–Crippen LogP) is 4.18. The van der Waals surface area contributed by atoms with Gasteiger partial charge < -0.3 is 20.1 Å². The van der Waals surface area contributed by atoms with E-state index >= 15 is 0 Å². The van der Waals surface area contributed by atoms with Crippen LogP contribution in [0.15, 0.2) is 46.9 Å². The van der Waals surface area contributed by atoms with Crippen LogP contribution in [0.25, 0.3) is 0 Å². The monoisotopic (exact) mass is 474 g/mol. The van der Waals surface area contributed by atoms with Gasteiger partial charge in [-0.15, -0.1) is 0 Å². The molecule has 0 unspecified atom stereocenters. The molecular weight excluding hydrogens is 452 g/mol. The van der Waals surface area contributed by atoms with Gasteiger partial charge >= 0.3 is 11.9 Å². The summed E-state index contributed by atoms with van der Waals surface area (Å²) in [5.41, 5.74) is 1.60. The summed E-state index contributed by atoms with van der Waals surface area (Å²) >= 11 is 3.34. The Bertz CT molecular complexity index is 945. The van der Waals surface area contributed by atoms with E-state index in [9.17, 15) is 19.5 Å². The molecule has 8 heteroatoms. The molecule has 0 radical (unpaired) electrons. The molecule has 2 aromatic carbocycles. The maximum Gasteiger partial charge on any atom is 0.335 e. The van der Waals surface area contributed by atoms with Gasteiger partial charge in [0.1, 0.15) is 0 Å². The van der Waals surface area contributed by atoms with Crippen LogP contribution in [0.3, 0.4) is 0 Å². The summed E-state index contributed by atoms with van der Waals surface area (Å²) in [6.45, 7) is 3.26. The number of carbonyl (C=O) groups excluding carboxylic acids is 2. The zero-order valence-electron chi connectivity index (χ0n) is 16.6. The number of hydrogen-bond acceptors (Lipinski definition) is 5. The molecular formula is C22H23BrN2O5. The first-order chi connectivity index (χ1) is 14.4. The Balaban J connectivity index is 1.88. The van der Waals surface area contributed by atoms with Crippen LogP contribution in [0.5, 0.6) is 0 Å². The molecule has 3 rings (SSSR count). The summed E-state index contributed by atoms with van der Waals surface area (Å²) < 4.78 is 6.01. The lowest BCUT2D eigenvalue weighted by atomic mass is 9.97. The Morgan fingerprint density at radius 2 is 1.87 bits per heavy atom. The highest BCUT2D eigenvalue weighted by Gasteiger charge is 2.28. The lowest BCUT2D eigenvalue weighted by molar-refractivity contribution is -0.148. The Labute approximate surface area is 183 Å². The summed E-state index contributed by atoms with van der Waals surface area (Å²) in [5.74, 6) is -1.91. The molecule has 1 amide bonds. The third-order valence-electron chi connectivity index (χ3n) is 4.98. The number of carboxylic acid groups (broad SMARTS) is 1. The number of anilines is 2.